The Morgan fingerprint density at radius 1 is 1.29 bits per heavy atom. The van der Waals surface area contributed by atoms with Crippen molar-refractivity contribution in [2.75, 3.05) is 43.4 Å². The van der Waals surface area contributed by atoms with Gasteiger partial charge in [0.15, 0.2) is 0 Å². The number of rotatable bonds is 3. The van der Waals surface area contributed by atoms with E-state index in [9.17, 15) is 4.79 Å². The smallest absolute Gasteiger partial charge is 0.317 e. The lowest BCUT2D eigenvalue weighted by Crippen LogP contribution is -2.48. The van der Waals surface area contributed by atoms with Gasteiger partial charge in [0.05, 0.1) is 24.6 Å². The monoisotopic (exact) mass is 237 g/mol. The minimum absolute atomic E-state index is 0.0937. The van der Waals surface area contributed by atoms with Gasteiger partial charge in [-0.2, -0.15) is 0 Å². The number of carboxylic acid groups (broad SMARTS) is 1. The molecule has 7 heteroatoms. The van der Waals surface area contributed by atoms with Gasteiger partial charge in [-0.05, 0) is 0 Å². The quantitative estimate of drug-likeness (QED) is 0.715. The molecule has 92 valence electrons. The average Bonchev–Trinajstić information content (AvgIpc) is 2.30. The molecule has 7 nitrogen and oxygen atoms in total. The van der Waals surface area contributed by atoms with Crippen LogP contribution in [0, 0.1) is 0 Å². The van der Waals surface area contributed by atoms with Gasteiger partial charge in [0, 0.05) is 26.2 Å². The fourth-order valence-corrected chi connectivity index (χ4v) is 1.79. The van der Waals surface area contributed by atoms with Crippen molar-refractivity contribution >= 4 is 17.6 Å². The average molecular weight is 237 g/mol. The van der Waals surface area contributed by atoms with Gasteiger partial charge in [-0.1, -0.05) is 0 Å². The number of hydrogen-bond acceptors (Lipinski definition) is 6. The summed E-state index contributed by atoms with van der Waals surface area (Å²) >= 11 is 0. The van der Waals surface area contributed by atoms with Gasteiger partial charge in [-0.25, -0.2) is 9.97 Å². The molecule has 1 aromatic heterocycles. The molecule has 1 aliphatic heterocycles. The number of nitrogen functional groups attached to an aromatic ring is 1. The topological polar surface area (TPSA) is 95.6 Å². The maximum Gasteiger partial charge on any atom is 0.317 e. The van der Waals surface area contributed by atoms with Crippen LogP contribution in [0.5, 0.6) is 0 Å². The molecule has 0 unspecified atom stereocenters. The number of anilines is 2. The molecule has 0 aromatic carbocycles. The van der Waals surface area contributed by atoms with E-state index in [-0.39, 0.29) is 6.54 Å². The van der Waals surface area contributed by atoms with Crippen molar-refractivity contribution in [3.63, 3.8) is 0 Å². The molecule has 0 aliphatic carbocycles. The molecule has 1 fully saturated rings. The zero-order chi connectivity index (χ0) is 12.3. The molecular weight excluding hydrogens is 222 g/mol. The van der Waals surface area contributed by atoms with Crippen LogP contribution in [0.4, 0.5) is 11.6 Å². The normalized spacial score (nSPS) is 17.1. The number of aliphatic carboxylic acids is 1. The highest BCUT2D eigenvalue weighted by atomic mass is 16.4. The van der Waals surface area contributed by atoms with Crippen LogP contribution in [-0.4, -0.2) is 58.7 Å². The van der Waals surface area contributed by atoms with Gasteiger partial charge >= 0.3 is 5.97 Å². The Labute approximate surface area is 98.9 Å². The van der Waals surface area contributed by atoms with Crippen LogP contribution >= 0.6 is 0 Å². The Kier molecular flexibility index (Phi) is 3.38. The Morgan fingerprint density at radius 3 is 2.41 bits per heavy atom. The van der Waals surface area contributed by atoms with Crippen LogP contribution in [0.2, 0.25) is 0 Å². The molecule has 1 aromatic rings. The highest BCUT2D eigenvalue weighted by Crippen LogP contribution is 2.11. The number of nitrogens with two attached hydrogens (primary N) is 1. The lowest BCUT2D eigenvalue weighted by Gasteiger charge is -2.33. The molecule has 0 saturated carbocycles. The third-order valence-electron chi connectivity index (χ3n) is 2.67. The van der Waals surface area contributed by atoms with Crippen LogP contribution in [0.3, 0.4) is 0 Å². The first kappa shape index (κ1) is 11.6. The summed E-state index contributed by atoms with van der Waals surface area (Å²) in [5.41, 5.74) is 6.06. The van der Waals surface area contributed by atoms with Crippen molar-refractivity contribution in [2.24, 2.45) is 0 Å². The van der Waals surface area contributed by atoms with Gasteiger partial charge in [0.2, 0.25) is 5.95 Å². The summed E-state index contributed by atoms with van der Waals surface area (Å²) in [4.78, 5) is 22.8. The lowest BCUT2D eigenvalue weighted by atomic mass is 10.3. The van der Waals surface area contributed by atoms with E-state index < -0.39 is 5.97 Å². The molecule has 0 bridgehead atoms. The molecule has 0 spiro atoms. The Balaban J connectivity index is 1.90. The SMILES string of the molecule is Nc1cnc(N2CCN(CC(=O)O)CC2)nc1. The van der Waals surface area contributed by atoms with Gasteiger partial charge in [-0.3, -0.25) is 9.69 Å². The Bertz CT molecular complexity index is 386. The molecule has 2 rings (SSSR count). The van der Waals surface area contributed by atoms with Crippen molar-refractivity contribution in [1.82, 2.24) is 14.9 Å². The van der Waals surface area contributed by atoms with Gasteiger partial charge in [0.25, 0.3) is 0 Å². The first-order valence-corrected chi connectivity index (χ1v) is 5.42. The van der Waals surface area contributed by atoms with Crippen molar-refractivity contribution < 1.29 is 9.90 Å². The third-order valence-corrected chi connectivity index (χ3v) is 2.67. The zero-order valence-corrected chi connectivity index (χ0v) is 9.41. The van der Waals surface area contributed by atoms with Crippen LogP contribution in [0.1, 0.15) is 0 Å². The third kappa shape index (κ3) is 3.04. The maximum atomic E-state index is 10.6. The maximum absolute atomic E-state index is 10.6. The number of carbonyl (C=O) groups is 1. The van der Waals surface area contributed by atoms with Crippen molar-refractivity contribution in [3.05, 3.63) is 12.4 Å². The lowest BCUT2D eigenvalue weighted by molar-refractivity contribution is -0.138. The van der Waals surface area contributed by atoms with Crippen LogP contribution in [-0.2, 0) is 4.79 Å². The number of aromatic nitrogens is 2. The summed E-state index contributed by atoms with van der Waals surface area (Å²) in [7, 11) is 0. The molecule has 2 heterocycles. The van der Waals surface area contributed by atoms with E-state index in [1.54, 1.807) is 12.4 Å². The van der Waals surface area contributed by atoms with E-state index in [2.05, 4.69) is 9.97 Å². The predicted octanol–water partition coefficient (Wildman–Crippen LogP) is -0.735. The predicted molar refractivity (Wildman–Crippen MR) is 62.7 cm³/mol. The molecule has 0 atom stereocenters. The minimum atomic E-state index is -0.790. The van der Waals surface area contributed by atoms with Crippen LogP contribution < -0.4 is 10.6 Å². The number of piperazine rings is 1. The summed E-state index contributed by atoms with van der Waals surface area (Å²) in [6.07, 6.45) is 3.15. The highest BCUT2D eigenvalue weighted by Gasteiger charge is 2.20. The standard InChI is InChI=1S/C10H15N5O2/c11-8-5-12-10(13-6-8)15-3-1-14(2-4-15)7-9(16)17/h5-6H,1-4,7,11H2,(H,16,17). The zero-order valence-electron chi connectivity index (χ0n) is 9.41. The fourth-order valence-electron chi connectivity index (χ4n) is 1.79. The van der Waals surface area contributed by atoms with Crippen molar-refractivity contribution in [3.8, 4) is 0 Å². The van der Waals surface area contributed by atoms with Crippen molar-refractivity contribution in [2.45, 2.75) is 0 Å². The Hall–Kier alpha value is -1.89. The first-order chi connectivity index (χ1) is 8.15. The summed E-state index contributed by atoms with van der Waals surface area (Å²) in [5.74, 6) is -0.142. The van der Waals surface area contributed by atoms with Gasteiger partial charge < -0.3 is 15.7 Å². The highest BCUT2D eigenvalue weighted by molar-refractivity contribution is 5.69. The minimum Gasteiger partial charge on any atom is -0.480 e. The molecular formula is C10H15N5O2. The summed E-state index contributed by atoms with van der Waals surface area (Å²) < 4.78 is 0. The second-order valence-corrected chi connectivity index (χ2v) is 3.97. The molecule has 17 heavy (non-hydrogen) atoms. The molecule has 3 N–H and O–H groups in total. The summed E-state index contributed by atoms with van der Waals surface area (Å²) in [6, 6.07) is 0. The molecule has 0 radical (unpaired) electrons. The van der Waals surface area contributed by atoms with E-state index >= 15 is 0 Å². The van der Waals surface area contributed by atoms with E-state index in [4.69, 9.17) is 10.8 Å². The molecule has 1 aliphatic rings. The van der Waals surface area contributed by atoms with E-state index in [0.717, 1.165) is 13.1 Å². The number of carboxylic acids is 1. The van der Waals surface area contributed by atoms with E-state index in [0.29, 0.717) is 24.7 Å². The van der Waals surface area contributed by atoms with E-state index in [1.165, 1.54) is 0 Å². The second kappa shape index (κ2) is 4.96. The number of nitrogens with zero attached hydrogens (tertiary/aromatic N) is 4. The molecule has 0 amide bonds. The van der Waals surface area contributed by atoms with E-state index in [1.807, 2.05) is 9.80 Å². The van der Waals surface area contributed by atoms with Crippen LogP contribution in [0.25, 0.3) is 0 Å². The molecule has 1 saturated heterocycles. The second-order valence-electron chi connectivity index (χ2n) is 3.97. The van der Waals surface area contributed by atoms with Crippen LogP contribution in [0.15, 0.2) is 12.4 Å². The Morgan fingerprint density at radius 2 is 1.88 bits per heavy atom. The number of hydrogen-bond donors (Lipinski definition) is 2. The summed E-state index contributed by atoms with van der Waals surface area (Å²) in [6.45, 7) is 2.98. The fraction of sp³-hybridized carbons (Fsp3) is 0.500. The largest absolute Gasteiger partial charge is 0.480 e. The van der Waals surface area contributed by atoms with Gasteiger partial charge in [0.1, 0.15) is 0 Å². The van der Waals surface area contributed by atoms with Crippen molar-refractivity contribution in [1.29, 1.82) is 0 Å². The summed E-state index contributed by atoms with van der Waals surface area (Å²) in [5, 5.41) is 8.69. The van der Waals surface area contributed by atoms with Gasteiger partial charge in [-0.15, -0.1) is 0 Å². The first-order valence-electron chi connectivity index (χ1n) is 5.42.